The van der Waals surface area contributed by atoms with Crippen molar-refractivity contribution in [3.8, 4) is 0 Å². The van der Waals surface area contributed by atoms with E-state index in [1.807, 2.05) is 13.8 Å². The van der Waals surface area contributed by atoms with Crippen LogP contribution in [0.5, 0.6) is 0 Å². The first-order chi connectivity index (χ1) is 8.56. The number of rotatable bonds is 3. The smallest absolute Gasteiger partial charge is 0.257 e. The molecule has 0 saturated heterocycles. The van der Waals surface area contributed by atoms with Crippen molar-refractivity contribution in [1.29, 1.82) is 0 Å². The molecular formula is C11H11ClN4OS. The molecule has 0 aliphatic rings. The average molecular weight is 283 g/mol. The predicted molar refractivity (Wildman–Crippen MR) is 71.2 cm³/mol. The summed E-state index contributed by atoms with van der Waals surface area (Å²) in [5.74, 6) is -0.0604. The van der Waals surface area contributed by atoms with Crippen LogP contribution in [0.15, 0.2) is 17.6 Å². The highest BCUT2D eigenvalue weighted by molar-refractivity contribution is 7.13. The van der Waals surface area contributed by atoms with E-state index in [9.17, 15) is 4.79 Å². The third-order valence-corrected chi connectivity index (χ3v) is 3.05. The number of amides is 1. The second-order valence-electron chi connectivity index (χ2n) is 3.96. The van der Waals surface area contributed by atoms with Crippen LogP contribution < -0.4 is 5.32 Å². The zero-order valence-corrected chi connectivity index (χ0v) is 11.4. The first-order valence-corrected chi connectivity index (χ1v) is 6.57. The van der Waals surface area contributed by atoms with Crippen LogP contribution >= 0.6 is 22.9 Å². The summed E-state index contributed by atoms with van der Waals surface area (Å²) >= 11 is 7.16. The van der Waals surface area contributed by atoms with E-state index in [0.29, 0.717) is 15.8 Å². The second kappa shape index (κ2) is 5.41. The van der Waals surface area contributed by atoms with Gasteiger partial charge in [0, 0.05) is 11.3 Å². The van der Waals surface area contributed by atoms with Crippen molar-refractivity contribution < 1.29 is 4.79 Å². The molecule has 2 aromatic heterocycles. The fourth-order valence-electron chi connectivity index (χ4n) is 1.34. The molecule has 5 nitrogen and oxygen atoms in total. The van der Waals surface area contributed by atoms with Gasteiger partial charge in [-0.25, -0.2) is 4.98 Å². The number of anilines is 1. The molecule has 18 heavy (non-hydrogen) atoms. The lowest BCUT2D eigenvalue weighted by atomic mass is 10.1. The Hall–Kier alpha value is -1.53. The van der Waals surface area contributed by atoms with Gasteiger partial charge in [0.2, 0.25) is 5.13 Å². The molecular weight excluding hydrogens is 272 g/mol. The third-order valence-electron chi connectivity index (χ3n) is 2.25. The van der Waals surface area contributed by atoms with Gasteiger partial charge in [-0.3, -0.25) is 10.1 Å². The summed E-state index contributed by atoms with van der Waals surface area (Å²) in [7, 11) is 0. The molecule has 0 radical (unpaired) electrons. The van der Waals surface area contributed by atoms with Crippen molar-refractivity contribution in [3.63, 3.8) is 0 Å². The Labute approximate surface area is 113 Å². The zero-order chi connectivity index (χ0) is 13.1. The normalized spacial score (nSPS) is 10.7. The fraction of sp³-hybridized carbons (Fsp3) is 0.273. The van der Waals surface area contributed by atoms with Crippen LogP contribution in [-0.4, -0.2) is 21.1 Å². The minimum absolute atomic E-state index is 0.205. The lowest BCUT2D eigenvalue weighted by molar-refractivity contribution is 0.102. The van der Waals surface area contributed by atoms with Crippen LogP contribution in [0.1, 0.15) is 35.8 Å². The molecule has 0 saturated carbocycles. The number of halogens is 1. The Kier molecular flexibility index (Phi) is 3.88. The maximum absolute atomic E-state index is 12.0. The largest absolute Gasteiger partial charge is 0.296 e. The average Bonchev–Trinajstić information content (AvgIpc) is 2.80. The molecule has 7 heteroatoms. The van der Waals surface area contributed by atoms with Crippen molar-refractivity contribution in [2.24, 2.45) is 0 Å². The van der Waals surface area contributed by atoms with E-state index in [4.69, 9.17) is 11.6 Å². The van der Waals surface area contributed by atoms with E-state index in [-0.39, 0.29) is 11.8 Å². The van der Waals surface area contributed by atoms with E-state index in [2.05, 4.69) is 20.5 Å². The van der Waals surface area contributed by atoms with Gasteiger partial charge in [-0.05, 0) is 18.1 Å². The summed E-state index contributed by atoms with van der Waals surface area (Å²) in [5.41, 5.74) is 2.80. The first kappa shape index (κ1) is 12.9. The number of carbonyl (C=O) groups is 1. The number of nitrogens with one attached hydrogen (secondary N) is 1. The molecule has 0 atom stereocenters. The van der Waals surface area contributed by atoms with Crippen LogP contribution in [0.4, 0.5) is 5.13 Å². The Morgan fingerprint density at radius 3 is 2.83 bits per heavy atom. The lowest BCUT2D eigenvalue weighted by Gasteiger charge is -2.07. The number of pyridine rings is 1. The van der Waals surface area contributed by atoms with Crippen molar-refractivity contribution in [1.82, 2.24) is 15.2 Å². The van der Waals surface area contributed by atoms with Crippen LogP contribution in [0.25, 0.3) is 0 Å². The number of nitrogens with zero attached hydrogens (tertiary/aromatic N) is 3. The molecule has 94 valence electrons. The van der Waals surface area contributed by atoms with Crippen LogP contribution in [0.2, 0.25) is 5.15 Å². The second-order valence-corrected chi connectivity index (χ2v) is 5.18. The Morgan fingerprint density at radius 2 is 2.22 bits per heavy atom. The van der Waals surface area contributed by atoms with Crippen molar-refractivity contribution in [2.75, 3.05) is 5.32 Å². The molecule has 2 rings (SSSR count). The number of hydrogen-bond donors (Lipinski definition) is 1. The molecule has 0 fully saturated rings. The van der Waals surface area contributed by atoms with Crippen LogP contribution in [0, 0.1) is 0 Å². The molecule has 0 aliphatic heterocycles. The molecule has 1 amide bonds. The van der Waals surface area contributed by atoms with Crippen LogP contribution in [-0.2, 0) is 0 Å². The monoisotopic (exact) mass is 282 g/mol. The van der Waals surface area contributed by atoms with Gasteiger partial charge in [-0.15, -0.1) is 10.2 Å². The highest BCUT2D eigenvalue weighted by atomic mass is 35.5. The summed E-state index contributed by atoms with van der Waals surface area (Å²) in [6, 6.07) is 3.26. The van der Waals surface area contributed by atoms with Gasteiger partial charge in [0.15, 0.2) is 0 Å². The maximum atomic E-state index is 12.0. The molecule has 0 aliphatic carbocycles. The maximum Gasteiger partial charge on any atom is 0.257 e. The van der Waals surface area contributed by atoms with Gasteiger partial charge >= 0.3 is 0 Å². The highest BCUT2D eigenvalue weighted by Gasteiger charge is 2.12. The topological polar surface area (TPSA) is 67.8 Å². The first-order valence-electron chi connectivity index (χ1n) is 5.31. The Balaban J connectivity index is 2.24. The van der Waals surface area contributed by atoms with Crippen molar-refractivity contribution in [3.05, 3.63) is 34.1 Å². The standard InChI is InChI=1S/C11H11ClN4OS/c1-6(2)8-3-7(4-9(12)14-8)10(17)15-11-16-13-5-18-11/h3-6H,1-2H3,(H,15,16,17). The van der Waals surface area contributed by atoms with Crippen molar-refractivity contribution >= 4 is 34.0 Å². The molecule has 2 heterocycles. The number of hydrogen-bond acceptors (Lipinski definition) is 5. The predicted octanol–water partition coefficient (Wildman–Crippen LogP) is 2.96. The highest BCUT2D eigenvalue weighted by Crippen LogP contribution is 2.19. The van der Waals surface area contributed by atoms with E-state index >= 15 is 0 Å². The van der Waals surface area contributed by atoms with Gasteiger partial charge in [0.05, 0.1) is 0 Å². The van der Waals surface area contributed by atoms with E-state index in [1.165, 1.54) is 17.4 Å². The minimum Gasteiger partial charge on any atom is -0.296 e. The summed E-state index contributed by atoms with van der Waals surface area (Å²) in [4.78, 5) is 16.2. The minimum atomic E-state index is -0.266. The molecule has 1 N–H and O–H groups in total. The lowest BCUT2D eigenvalue weighted by Crippen LogP contribution is -2.13. The molecule has 0 spiro atoms. The van der Waals surface area contributed by atoms with E-state index in [1.54, 1.807) is 11.6 Å². The Bertz CT molecular complexity index is 556. The van der Waals surface area contributed by atoms with Gasteiger partial charge < -0.3 is 0 Å². The SMILES string of the molecule is CC(C)c1cc(C(=O)Nc2nncs2)cc(Cl)n1. The Morgan fingerprint density at radius 1 is 1.44 bits per heavy atom. The molecule has 0 unspecified atom stereocenters. The summed E-state index contributed by atoms with van der Waals surface area (Å²) in [5, 5.41) is 10.8. The molecule has 0 aromatic carbocycles. The van der Waals surface area contributed by atoms with Gasteiger partial charge in [0.1, 0.15) is 10.7 Å². The summed E-state index contributed by atoms with van der Waals surface area (Å²) < 4.78 is 0. The molecule has 2 aromatic rings. The zero-order valence-electron chi connectivity index (χ0n) is 9.85. The van der Waals surface area contributed by atoms with Gasteiger partial charge in [-0.2, -0.15) is 0 Å². The number of aromatic nitrogens is 3. The van der Waals surface area contributed by atoms with Crippen LogP contribution in [0.3, 0.4) is 0 Å². The van der Waals surface area contributed by atoms with E-state index < -0.39 is 0 Å². The summed E-state index contributed by atoms with van der Waals surface area (Å²) in [6.07, 6.45) is 0. The van der Waals surface area contributed by atoms with Gasteiger partial charge in [0.25, 0.3) is 5.91 Å². The summed E-state index contributed by atoms with van der Waals surface area (Å²) in [6.45, 7) is 3.98. The van der Waals surface area contributed by atoms with Gasteiger partial charge in [-0.1, -0.05) is 36.8 Å². The van der Waals surface area contributed by atoms with E-state index in [0.717, 1.165) is 5.69 Å². The quantitative estimate of drug-likeness (QED) is 0.879. The third kappa shape index (κ3) is 3.02. The van der Waals surface area contributed by atoms with Crippen molar-refractivity contribution in [2.45, 2.75) is 19.8 Å². The molecule has 0 bridgehead atoms. The number of carbonyl (C=O) groups excluding carboxylic acids is 1. The fourth-order valence-corrected chi connectivity index (χ4v) is 2.00.